The number of likely N-dealkylation sites (N-methyl/N-ethyl adjacent to an activating group) is 1. The number of benzene rings is 1. The monoisotopic (exact) mass is 236 g/mol. The van der Waals surface area contributed by atoms with Crippen molar-refractivity contribution in [3.05, 3.63) is 24.3 Å². The van der Waals surface area contributed by atoms with Crippen molar-refractivity contribution in [2.75, 3.05) is 19.0 Å². The van der Waals surface area contributed by atoms with E-state index in [-0.39, 0.29) is 5.91 Å². The largest absolute Gasteiger partial charge is 0.494 e. The molecule has 4 heteroatoms. The second kappa shape index (κ2) is 5.68. The third kappa shape index (κ3) is 3.75. The number of hydrogen-bond acceptors (Lipinski definition) is 3. The maximum Gasteiger partial charge on any atom is 0.244 e. The molecule has 0 aliphatic carbocycles. The van der Waals surface area contributed by atoms with E-state index in [0.29, 0.717) is 6.61 Å². The van der Waals surface area contributed by atoms with Gasteiger partial charge in [-0.05, 0) is 52.1 Å². The van der Waals surface area contributed by atoms with Crippen molar-refractivity contribution >= 4 is 11.6 Å². The van der Waals surface area contributed by atoms with Gasteiger partial charge < -0.3 is 15.4 Å². The Hall–Kier alpha value is -1.55. The molecule has 1 aromatic rings. The zero-order chi connectivity index (χ0) is 12.9. The minimum atomic E-state index is -0.585. The number of rotatable bonds is 5. The highest BCUT2D eigenvalue weighted by atomic mass is 16.5. The van der Waals surface area contributed by atoms with Crippen molar-refractivity contribution in [1.29, 1.82) is 0 Å². The van der Waals surface area contributed by atoms with Crippen LogP contribution >= 0.6 is 0 Å². The summed E-state index contributed by atoms with van der Waals surface area (Å²) in [6, 6.07) is 7.33. The lowest BCUT2D eigenvalue weighted by Crippen LogP contribution is -2.47. The topological polar surface area (TPSA) is 50.4 Å². The SMILES string of the molecule is CCOc1ccc(NC(=O)C(C)(C)NC)cc1. The molecule has 0 bridgehead atoms. The summed E-state index contributed by atoms with van der Waals surface area (Å²) >= 11 is 0. The van der Waals surface area contributed by atoms with Crippen molar-refractivity contribution < 1.29 is 9.53 Å². The van der Waals surface area contributed by atoms with Crippen LogP contribution in [0.15, 0.2) is 24.3 Å². The van der Waals surface area contributed by atoms with Gasteiger partial charge in [-0.15, -0.1) is 0 Å². The average Bonchev–Trinajstić information content (AvgIpc) is 2.32. The fourth-order valence-electron chi connectivity index (χ4n) is 1.20. The summed E-state index contributed by atoms with van der Waals surface area (Å²) in [7, 11) is 1.76. The molecule has 0 atom stereocenters. The molecule has 17 heavy (non-hydrogen) atoms. The normalized spacial score (nSPS) is 11.1. The Bertz CT molecular complexity index is 372. The maximum atomic E-state index is 11.9. The summed E-state index contributed by atoms with van der Waals surface area (Å²) in [4.78, 5) is 11.9. The fourth-order valence-corrected chi connectivity index (χ4v) is 1.20. The lowest BCUT2D eigenvalue weighted by Gasteiger charge is -2.22. The third-order valence-corrected chi connectivity index (χ3v) is 2.62. The average molecular weight is 236 g/mol. The van der Waals surface area contributed by atoms with Gasteiger partial charge in [-0.25, -0.2) is 0 Å². The van der Waals surface area contributed by atoms with Crippen LogP contribution in [0, 0.1) is 0 Å². The Morgan fingerprint density at radius 1 is 1.29 bits per heavy atom. The number of carbonyl (C=O) groups excluding carboxylic acids is 1. The second-order valence-corrected chi connectivity index (χ2v) is 4.29. The highest BCUT2D eigenvalue weighted by molar-refractivity contribution is 5.97. The molecule has 0 unspecified atom stereocenters. The Kier molecular flexibility index (Phi) is 4.52. The fraction of sp³-hybridized carbons (Fsp3) is 0.462. The van der Waals surface area contributed by atoms with Crippen LogP contribution < -0.4 is 15.4 Å². The summed E-state index contributed by atoms with van der Waals surface area (Å²) in [6.07, 6.45) is 0. The number of hydrogen-bond donors (Lipinski definition) is 2. The van der Waals surface area contributed by atoms with Gasteiger partial charge >= 0.3 is 0 Å². The van der Waals surface area contributed by atoms with Gasteiger partial charge in [0.1, 0.15) is 5.75 Å². The van der Waals surface area contributed by atoms with E-state index in [4.69, 9.17) is 4.74 Å². The first-order valence-electron chi connectivity index (χ1n) is 5.73. The lowest BCUT2D eigenvalue weighted by atomic mass is 10.1. The molecule has 2 N–H and O–H groups in total. The molecule has 0 fully saturated rings. The van der Waals surface area contributed by atoms with E-state index in [2.05, 4.69) is 10.6 Å². The summed E-state index contributed by atoms with van der Waals surface area (Å²) < 4.78 is 5.33. The van der Waals surface area contributed by atoms with Crippen LogP contribution in [0.25, 0.3) is 0 Å². The van der Waals surface area contributed by atoms with Crippen LogP contribution in [-0.2, 0) is 4.79 Å². The Labute approximate surface area is 102 Å². The van der Waals surface area contributed by atoms with E-state index >= 15 is 0 Å². The van der Waals surface area contributed by atoms with Gasteiger partial charge in [-0.3, -0.25) is 4.79 Å². The van der Waals surface area contributed by atoms with Gasteiger partial charge in [-0.2, -0.15) is 0 Å². The minimum Gasteiger partial charge on any atom is -0.494 e. The lowest BCUT2D eigenvalue weighted by molar-refractivity contribution is -0.121. The van der Waals surface area contributed by atoms with E-state index in [1.807, 2.05) is 45.0 Å². The molecule has 0 aliphatic rings. The smallest absolute Gasteiger partial charge is 0.244 e. The molecule has 0 heterocycles. The molecular formula is C13H20N2O2. The first kappa shape index (κ1) is 13.5. The highest BCUT2D eigenvalue weighted by Gasteiger charge is 2.24. The molecule has 4 nitrogen and oxygen atoms in total. The van der Waals surface area contributed by atoms with Gasteiger partial charge in [0.2, 0.25) is 5.91 Å². The van der Waals surface area contributed by atoms with Crippen LogP contribution in [0.2, 0.25) is 0 Å². The van der Waals surface area contributed by atoms with Gasteiger partial charge in [0.25, 0.3) is 0 Å². The number of anilines is 1. The van der Waals surface area contributed by atoms with Gasteiger partial charge in [-0.1, -0.05) is 0 Å². The second-order valence-electron chi connectivity index (χ2n) is 4.29. The minimum absolute atomic E-state index is 0.0656. The van der Waals surface area contributed by atoms with E-state index < -0.39 is 5.54 Å². The summed E-state index contributed by atoms with van der Waals surface area (Å²) in [5, 5.41) is 5.80. The molecule has 0 radical (unpaired) electrons. The summed E-state index contributed by atoms with van der Waals surface area (Å²) in [6.45, 7) is 6.23. The van der Waals surface area contributed by atoms with Gasteiger partial charge in [0.05, 0.1) is 12.1 Å². The van der Waals surface area contributed by atoms with Gasteiger partial charge in [0.15, 0.2) is 0 Å². The van der Waals surface area contributed by atoms with E-state index in [9.17, 15) is 4.79 Å². The van der Waals surface area contributed by atoms with Crippen molar-refractivity contribution in [3.63, 3.8) is 0 Å². The summed E-state index contributed by atoms with van der Waals surface area (Å²) in [5.74, 6) is 0.738. The highest BCUT2D eigenvalue weighted by Crippen LogP contribution is 2.16. The molecule has 0 saturated carbocycles. The molecule has 1 aromatic carbocycles. The van der Waals surface area contributed by atoms with Crippen LogP contribution in [0.3, 0.4) is 0 Å². The number of carbonyl (C=O) groups is 1. The van der Waals surface area contributed by atoms with Crippen LogP contribution in [0.1, 0.15) is 20.8 Å². The van der Waals surface area contributed by atoms with E-state index in [1.165, 1.54) is 0 Å². The molecule has 0 spiro atoms. The first-order chi connectivity index (χ1) is 7.99. The Morgan fingerprint density at radius 3 is 2.35 bits per heavy atom. The van der Waals surface area contributed by atoms with Crippen molar-refractivity contribution in [3.8, 4) is 5.75 Å². The Balaban J connectivity index is 2.66. The molecular weight excluding hydrogens is 216 g/mol. The Morgan fingerprint density at radius 2 is 1.88 bits per heavy atom. The van der Waals surface area contributed by atoms with Crippen molar-refractivity contribution in [1.82, 2.24) is 5.32 Å². The third-order valence-electron chi connectivity index (χ3n) is 2.62. The standard InChI is InChI=1S/C13H20N2O2/c1-5-17-11-8-6-10(7-9-11)15-12(16)13(2,3)14-4/h6-9,14H,5H2,1-4H3,(H,15,16). The number of ether oxygens (including phenoxy) is 1. The predicted octanol–water partition coefficient (Wildman–Crippen LogP) is 2.02. The quantitative estimate of drug-likeness (QED) is 0.822. The molecule has 1 rings (SSSR count). The van der Waals surface area contributed by atoms with Crippen molar-refractivity contribution in [2.24, 2.45) is 0 Å². The molecule has 0 saturated heterocycles. The number of nitrogens with one attached hydrogen (secondary N) is 2. The van der Waals surface area contributed by atoms with Crippen LogP contribution in [0.5, 0.6) is 5.75 Å². The molecule has 1 amide bonds. The first-order valence-corrected chi connectivity index (χ1v) is 5.73. The molecule has 0 aliphatic heterocycles. The van der Waals surface area contributed by atoms with E-state index in [1.54, 1.807) is 7.05 Å². The van der Waals surface area contributed by atoms with Crippen molar-refractivity contribution in [2.45, 2.75) is 26.3 Å². The molecule has 0 aromatic heterocycles. The predicted molar refractivity (Wildman–Crippen MR) is 69.4 cm³/mol. The maximum absolute atomic E-state index is 11.9. The zero-order valence-electron chi connectivity index (χ0n) is 10.8. The van der Waals surface area contributed by atoms with Crippen LogP contribution in [-0.4, -0.2) is 25.1 Å². The summed E-state index contributed by atoms with van der Waals surface area (Å²) in [5.41, 5.74) is 0.181. The van der Waals surface area contributed by atoms with E-state index in [0.717, 1.165) is 11.4 Å². The molecule has 94 valence electrons. The van der Waals surface area contributed by atoms with Crippen LogP contribution in [0.4, 0.5) is 5.69 Å². The van der Waals surface area contributed by atoms with Gasteiger partial charge in [0, 0.05) is 5.69 Å². The number of amides is 1. The zero-order valence-corrected chi connectivity index (χ0v) is 10.8.